The van der Waals surface area contributed by atoms with Crippen molar-refractivity contribution in [2.45, 2.75) is 31.3 Å². The number of rotatable bonds is 3. The van der Waals surface area contributed by atoms with Crippen molar-refractivity contribution < 1.29 is 4.39 Å². The van der Waals surface area contributed by atoms with Gasteiger partial charge in [0.2, 0.25) is 0 Å². The highest BCUT2D eigenvalue weighted by molar-refractivity contribution is 5.22. The van der Waals surface area contributed by atoms with Crippen molar-refractivity contribution in [1.29, 1.82) is 0 Å². The molecule has 2 unspecified atom stereocenters. The summed E-state index contributed by atoms with van der Waals surface area (Å²) < 4.78 is 13.3. The summed E-state index contributed by atoms with van der Waals surface area (Å²) in [5, 5.41) is 3.55. The predicted octanol–water partition coefficient (Wildman–Crippen LogP) is 2.57. The molecule has 0 saturated carbocycles. The second kappa shape index (κ2) is 5.61. The highest BCUT2D eigenvalue weighted by Crippen LogP contribution is 2.27. The molecule has 0 radical (unpaired) electrons. The standard InChI is InChI=1S/C14H21FN2/c1-17(2)14(13-8-3-4-9-16-13)11-6-5-7-12(15)10-11/h5-7,10,13-14,16H,3-4,8-9H2,1-2H3. The van der Waals surface area contributed by atoms with E-state index in [9.17, 15) is 4.39 Å². The normalized spacial score (nSPS) is 22.7. The van der Waals surface area contributed by atoms with E-state index in [1.807, 2.05) is 6.07 Å². The van der Waals surface area contributed by atoms with Crippen LogP contribution in [-0.2, 0) is 0 Å². The topological polar surface area (TPSA) is 15.3 Å². The fourth-order valence-electron chi connectivity index (χ4n) is 2.73. The number of benzene rings is 1. The summed E-state index contributed by atoms with van der Waals surface area (Å²) in [5.74, 6) is -0.148. The number of likely N-dealkylation sites (N-methyl/N-ethyl adjacent to an activating group) is 1. The molecule has 1 aliphatic heterocycles. The first-order valence-electron chi connectivity index (χ1n) is 6.34. The van der Waals surface area contributed by atoms with Crippen LogP contribution in [0.1, 0.15) is 30.9 Å². The SMILES string of the molecule is CN(C)C(c1cccc(F)c1)C1CCCCN1. The second-order valence-corrected chi connectivity index (χ2v) is 5.02. The lowest BCUT2D eigenvalue weighted by molar-refractivity contribution is 0.205. The molecule has 2 nitrogen and oxygen atoms in total. The molecule has 2 atom stereocenters. The van der Waals surface area contributed by atoms with E-state index < -0.39 is 0 Å². The zero-order valence-corrected chi connectivity index (χ0v) is 10.6. The molecule has 17 heavy (non-hydrogen) atoms. The number of hydrogen-bond acceptors (Lipinski definition) is 2. The first kappa shape index (κ1) is 12.5. The Morgan fingerprint density at radius 3 is 2.76 bits per heavy atom. The maximum atomic E-state index is 13.3. The van der Waals surface area contributed by atoms with Crippen LogP contribution in [0.5, 0.6) is 0 Å². The zero-order chi connectivity index (χ0) is 12.3. The van der Waals surface area contributed by atoms with Gasteiger partial charge in [0, 0.05) is 12.1 Å². The molecule has 94 valence electrons. The minimum atomic E-state index is -0.148. The van der Waals surface area contributed by atoms with Gasteiger partial charge in [-0.05, 0) is 51.2 Å². The van der Waals surface area contributed by atoms with Crippen LogP contribution in [0.2, 0.25) is 0 Å². The molecule has 3 heteroatoms. The Kier molecular flexibility index (Phi) is 4.13. The van der Waals surface area contributed by atoms with Crippen LogP contribution in [0.15, 0.2) is 24.3 Å². The third-order valence-electron chi connectivity index (χ3n) is 3.48. The molecule has 1 heterocycles. The molecule has 1 aromatic carbocycles. The average Bonchev–Trinajstić information content (AvgIpc) is 2.30. The summed E-state index contributed by atoms with van der Waals surface area (Å²) in [7, 11) is 4.12. The third kappa shape index (κ3) is 3.05. The van der Waals surface area contributed by atoms with Gasteiger partial charge in [0.05, 0.1) is 0 Å². The van der Waals surface area contributed by atoms with Gasteiger partial charge >= 0.3 is 0 Å². The molecular weight excluding hydrogens is 215 g/mol. The molecule has 1 aliphatic rings. The van der Waals surface area contributed by atoms with Crippen LogP contribution in [-0.4, -0.2) is 31.6 Å². The summed E-state index contributed by atoms with van der Waals surface area (Å²) in [5.41, 5.74) is 1.06. The Morgan fingerprint density at radius 1 is 1.35 bits per heavy atom. The van der Waals surface area contributed by atoms with Gasteiger partial charge in [-0.3, -0.25) is 0 Å². The van der Waals surface area contributed by atoms with Gasteiger partial charge in [-0.25, -0.2) is 4.39 Å². The first-order valence-corrected chi connectivity index (χ1v) is 6.34. The number of halogens is 1. The van der Waals surface area contributed by atoms with Gasteiger partial charge in [-0.15, -0.1) is 0 Å². The van der Waals surface area contributed by atoms with E-state index in [2.05, 4.69) is 24.3 Å². The lowest BCUT2D eigenvalue weighted by atomic mass is 9.92. The summed E-state index contributed by atoms with van der Waals surface area (Å²) in [6.07, 6.45) is 3.68. The van der Waals surface area contributed by atoms with Crippen molar-refractivity contribution in [2.75, 3.05) is 20.6 Å². The Bertz CT molecular complexity index is 359. The van der Waals surface area contributed by atoms with Gasteiger partial charge in [0.1, 0.15) is 5.82 Å². The molecule has 0 spiro atoms. The Morgan fingerprint density at radius 2 is 2.18 bits per heavy atom. The van der Waals surface area contributed by atoms with Gasteiger partial charge in [0.15, 0.2) is 0 Å². The van der Waals surface area contributed by atoms with Crippen LogP contribution >= 0.6 is 0 Å². The Hall–Kier alpha value is -0.930. The smallest absolute Gasteiger partial charge is 0.123 e. The van der Waals surface area contributed by atoms with Crippen molar-refractivity contribution in [3.63, 3.8) is 0 Å². The van der Waals surface area contributed by atoms with Crippen molar-refractivity contribution in [2.24, 2.45) is 0 Å². The molecule has 0 aromatic heterocycles. The molecule has 2 rings (SSSR count). The highest BCUT2D eigenvalue weighted by atomic mass is 19.1. The Balaban J connectivity index is 2.21. The summed E-state index contributed by atoms with van der Waals surface area (Å²) >= 11 is 0. The quantitative estimate of drug-likeness (QED) is 0.867. The van der Waals surface area contributed by atoms with Gasteiger partial charge in [-0.1, -0.05) is 18.6 Å². The third-order valence-corrected chi connectivity index (χ3v) is 3.48. The van der Waals surface area contributed by atoms with E-state index in [1.165, 1.54) is 25.3 Å². The maximum absolute atomic E-state index is 13.3. The van der Waals surface area contributed by atoms with Crippen LogP contribution in [0, 0.1) is 5.82 Å². The van der Waals surface area contributed by atoms with Crippen LogP contribution in [0.25, 0.3) is 0 Å². The van der Waals surface area contributed by atoms with Crippen LogP contribution in [0.4, 0.5) is 4.39 Å². The predicted molar refractivity (Wildman–Crippen MR) is 68.5 cm³/mol. The van der Waals surface area contributed by atoms with Gasteiger partial charge < -0.3 is 10.2 Å². The average molecular weight is 236 g/mol. The van der Waals surface area contributed by atoms with E-state index in [0.717, 1.165) is 12.1 Å². The van der Waals surface area contributed by atoms with Gasteiger partial charge in [-0.2, -0.15) is 0 Å². The maximum Gasteiger partial charge on any atom is 0.123 e. The highest BCUT2D eigenvalue weighted by Gasteiger charge is 2.26. The second-order valence-electron chi connectivity index (χ2n) is 5.02. The van der Waals surface area contributed by atoms with E-state index >= 15 is 0 Å². The van der Waals surface area contributed by atoms with Crippen molar-refractivity contribution in [3.05, 3.63) is 35.6 Å². The lowest BCUT2D eigenvalue weighted by Gasteiger charge is -2.36. The van der Waals surface area contributed by atoms with Gasteiger partial charge in [0.25, 0.3) is 0 Å². The lowest BCUT2D eigenvalue weighted by Crippen LogP contribution is -2.44. The van der Waals surface area contributed by atoms with Crippen molar-refractivity contribution in [3.8, 4) is 0 Å². The van der Waals surface area contributed by atoms with Crippen LogP contribution < -0.4 is 5.32 Å². The molecule has 1 aromatic rings. The van der Waals surface area contributed by atoms with E-state index in [-0.39, 0.29) is 11.9 Å². The largest absolute Gasteiger partial charge is 0.312 e. The van der Waals surface area contributed by atoms with E-state index in [1.54, 1.807) is 12.1 Å². The molecule has 0 bridgehead atoms. The van der Waals surface area contributed by atoms with E-state index in [4.69, 9.17) is 0 Å². The minimum Gasteiger partial charge on any atom is -0.312 e. The molecular formula is C14H21FN2. The minimum absolute atomic E-state index is 0.148. The molecule has 1 fully saturated rings. The van der Waals surface area contributed by atoms with Crippen molar-refractivity contribution in [1.82, 2.24) is 10.2 Å². The first-order chi connectivity index (χ1) is 8.18. The summed E-state index contributed by atoms with van der Waals surface area (Å²) in [6, 6.07) is 7.66. The van der Waals surface area contributed by atoms with E-state index in [0.29, 0.717) is 6.04 Å². The number of nitrogens with zero attached hydrogens (tertiary/aromatic N) is 1. The fraction of sp³-hybridized carbons (Fsp3) is 0.571. The molecule has 1 N–H and O–H groups in total. The zero-order valence-electron chi connectivity index (χ0n) is 10.6. The number of piperidine rings is 1. The summed E-state index contributed by atoms with van der Waals surface area (Å²) in [6.45, 7) is 1.07. The molecule has 1 saturated heterocycles. The number of nitrogens with one attached hydrogen (secondary N) is 1. The fourth-order valence-corrected chi connectivity index (χ4v) is 2.73. The Labute approximate surface area is 103 Å². The number of hydrogen-bond donors (Lipinski definition) is 1. The molecule has 0 amide bonds. The summed E-state index contributed by atoms with van der Waals surface area (Å²) in [4.78, 5) is 2.18. The van der Waals surface area contributed by atoms with Crippen LogP contribution in [0.3, 0.4) is 0 Å². The van der Waals surface area contributed by atoms with Crippen molar-refractivity contribution >= 4 is 0 Å². The monoisotopic (exact) mass is 236 g/mol. The molecule has 0 aliphatic carbocycles.